The molecule has 8 heteroatoms. The van der Waals surface area contributed by atoms with Crippen molar-refractivity contribution in [1.29, 1.82) is 0 Å². The molecule has 3 aromatic rings. The summed E-state index contributed by atoms with van der Waals surface area (Å²) in [6.07, 6.45) is 3.92. The largest absolute Gasteiger partial charge is 0.486 e. The van der Waals surface area contributed by atoms with Crippen LogP contribution in [0.25, 0.3) is 5.65 Å². The number of aromatic nitrogens is 3. The highest BCUT2D eigenvalue weighted by Crippen LogP contribution is 2.42. The first-order valence-corrected chi connectivity index (χ1v) is 8.95. The lowest BCUT2D eigenvalue weighted by molar-refractivity contribution is 0.0667. The zero-order chi connectivity index (χ0) is 18.5. The Morgan fingerprint density at radius 3 is 3.04 bits per heavy atom. The number of amides is 1. The normalized spacial score (nSPS) is 18.4. The summed E-state index contributed by atoms with van der Waals surface area (Å²) in [5.41, 5.74) is 3.67. The van der Waals surface area contributed by atoms with Crippen molar-refractivity contribution in [2.24, 2.45) is 0 Å². The van der Waals surface area contributed by atoms with Crippen LogP contribution in [-0.4, -0.2) is 53.0 Å². The van der Waals surface area contributed by atoms with E-state index in [0.717, 1.165) is 29.0 Å². The number of benzene rings is 1. The highest BCUT2D eigenvalue weighted by atomic mass is 16.6. The number of fused-ring (bicyclic) bond motifs is 4. The summed E-state index contributed by atoms with van der Waals surface area (Å²) in [6.45, 7) is 3.74. The highest BCUT2D eigenvalue weighted by molar-refractivity contribution is 6.31. The van der Waals surface area contributed by atoms with Gasteiger partial charge in [-0.3, -0.25) is 4.79 Å². The number of carbonyl (C=O) groups is 1. The van der Waals surface area contributed by atoms with Crippen LogP contribution in [0.5, 0.6) is 11.5 Å². The molecule has 0 saturated carbocycles. The summed E-state index contributed by atoms with van der Waals surface area (Å²) < 4.78 is 13.0. The van der Waals surface area contributed by atoms with Gasteiger partial charge in [-0.2, -0.15) is 5.10 Å². The molecule has 0 N–H and O–H groups in total. The Morgan fingerprint density at radius 2 is 2.15 bits per heavy atom. The zero-order valence-electron chi connectivity index (χ0n) is 14.9. The monoisotopic (exact) mass is 360 g/mol. The summed E-state index contributed by atoms with van der Waals surface area (Å²) in [7, 11) is 5.74. The van der Waals surface area contributed by atoms with Gasteiger partial charge in [0.2, 0.25) is 0 Å². The average Bonchev–Trinajstić information content (AvgIpc) is 3.11. The second-order valence-corrected chi connectivity index (χ2v) is 6.80. The van der Waals surface area contributed by atoms with Crippen LogP contribution in [0, 0.1) is 0 Å². The predicted molar refractivity (Wildman–Crippen MR) is 99.0 cm³/mol. The molecule has 0 fully saturated rings. The molecule has 2 aromatic heterocycles. The van der Waals surface area contributed by atoms with E-state index in [0.29, 0.717) is 36.6 Å². The average molecular weight is 360 g/mol. The van der Waals surface area contributed by atoms with E-state index in [-0.39, 0.29) is 11.9 Å². The summed E-state index contributed by atoms with van der Waals surface area (Å²) >= 11 is 0. The maximum Gasteiger partial charge on any atom is 0.274 e. The maximum absolute atomic E-state index is 13.1. The minimum absolute atomic E-state index is 0.0834. The minimum atomic E-state index is -0.118. The SMILES string of the molecule is [B]c1cnc2cc(C(=O)N3CCc4c(ccc5c4OCCO5)C3C)nn2c1. The lowest BCUT2D eigenvalue weighted by Gasteiger charge is -2.36. The van der Waals surface area contributed by atoms with Crippen LogP contribution in [0.3, 0.4) is 0 Å². The predicted octanol–water partition coefficient (Wildman–Crippen LogP) is 1.05. The minimum Gasteiger partial charge on any atom is -0.486 e. The quantitative estimate of drug-likeness (QED) is 0.607. The molecule has 134 valence electrons. The molecular formula is C19H17BN4O3. The van der Waals surface area contributed by atoms with E-state index in [1.807, 2.05) is 24.0 Å². The number of ether oxygens (including phenoxy) is 2. The van der Waals surface area contributed by atoms with E-state index >= 15 is 0 Å². The smallest absolute Gasteiger partial charge is 0.274 e. The van der Waals surface area contributed by atoms with E-state index in [2.05, 4.69) is 10.1 Å². The Kier molecular flexibility index (Phi) is 3.60. The molecule has 1 amide bonds. The van der Waals surface area contributed by atoms with Gasteiger partial charge in [-0.05, 0) is 25.0 Å². The lowest BCUT2D eigenvalue weighted by atomic mass is 9.92. The molecule has 7 nitrogen and oxygen atoms in total. The van der Waals surface area contributed by atoms with Gasteiger partial charge < -0.3 is 14.4 Å². The number of carbonyl (C=O) groups excluding carboxylic acids is 1. The van der Waals surface area contributed by atoms with Crippen LogP contribution in [0.1, 0.15) is 34.6 Å². The van der Waals surface area contributed by atoms with Crippen molar-refractivity contribution in [2.45, 2.75) is 19.4 Å². The van der Waals surface area contributed by atoms with E-state index in [1.165, 1.54) is 4.52 Å². The molecule has 1 aromatic carbocycles. The van der Waals surface area contributed by atoms with Crippen molar-refractivity contribution >= 4 is 24.9 Å². The fraction of sp³-hybridized carbons (Fsp3) is 0.316. The van der Waals surface area contributed by atoms with Gasteiger partial charge in [0, 0.05) is 30.6 Å². The Balaban J connectivity index is 1.48. The van der Waals surface area contributed by atoms with Crippen LogP contribution in [-0.2, 0) is 6.42 Å². The molecule has 5 rings (SSSR count). The highest BCUT2D eigenvalue weighted by Gasteiger charge is 2.33. The molecule has 0 aliphatic carbocycles. The summed E-state index contributed by atoms with van der Waals surface area (Å²) in [4.78, 5) is 19.1. The van der Waals surface area contributed by atoms with Gasteiger partial charge in [0.15, 0.2) is 22.8 Å². The van der Waals surface area contributed by atoms with Gasteiger partial charge in [0.25, 0.3) is 5.91 Å². The Bertz CT molecular complexity index is 1060. The third kappa shape index (κ3) is 2.55. The molecule has 4 heterocycles. The first-order valence-electron chi connectivity index (χ1n) is 8.95. The van der Waals surface area contributed by atoms with Crippen molar-refractivity contribution in [3.8, 4) is 11.5 Å². The molecule has 2 radical (unpaired) electrons. The van der Waals surface area contributed by atoms with Crippen LogP contribution in [0.4, 0.5) is 0 Å². The molecule has 0 spiro atoms. The van der Waals surface area contributed by atoms with Gasteiger partial charge in [-0.25, -0.2) is 9.50 Å². The summed E-state index contributed by atoms with van der Waals surface area (Å²) in [5.74, 6) is 1.49. The second-order valence-electron chi connectivity index (χ2n) is 6.80. The van der Waals surface area contributed by atoms with Gasteiger partial charge >= 0.3 is 0 Å². The summed E-state index contributed by atoms with van der Waals surface area (Å²) in [6, 6.07) is 5.56. The van der Waals surface area contributed by atoms with Gasteiger partial charge in [-0.15, -0.1) is 0 Å². The Hall–Kier alpha value is -3.03. The third-order valence-corrected chi connectivity index (χ3v) is 5.18. The van der Waals surface area contributed by atoms with E-state index < -0.39 is 0 Å². The maximum atomic E-state index is 13.1. The van der Waals surface area contributed by atoms with Crippen LogP contribution in [0.2, 0.25) is 0 Å². The Morgan fingerprint density at radius 1 is 1.30 bits per heavy atom. The number of hydrogen-bond donors (Lipinski definition) is 0. The first-order chi connectivity index (χ1) is 13.1. The fourth-order valence-electron chi connectivity index (χ4n) is 3.85. The zero-order valence-corrected chi connectivity index (χ0v) is 14.9. The van der Waals surface area contributed by atoms with Crippen LogP contribution >= 0.6 is 0 Å². The summed E-state index contributed by atoms with van der Waals surface area (Å²) in [5, 5.41) is 4.35. The van der Waals surface area contributed by atoms with E-state index in [1.54, 1.807) is 18.5 Å². The topological polar surface area (TPSA) is 69.0 Å². The van der Waals surface area contributed by atoms with Crippen molar-refractivity contribution < 1.29 is 14.3 Å². The molecule has 1 atom stereocenters. The number of hydrogen-bond acceptors (Lipinski definition) is 5. The standard InChI is InChI=1S/C19H17BN4O3/c1-11-13-2-3-16-18(27-7-6-26-16)14(13)4-5-23(11)19(25)15-8-17-21-9-12(20)10-24(17)22-15/h2-3,8-11H,4-7H2,1H3. The first kappa shape index (κ1) is 16.2. The number of nitrogens with zero attached hydrogens (tertiary/aromatic N) is 4. The molecular weight excluding hydrogens is 343 g/mol. The molecule has 1 unspecified atom stereocenters. The molecule has 27 heavy (non-hydrogen) atoms. The van der Waals surface area contributed by atoms with Crippen molar-refractivity contribution in [1.82, 2.24) is 19.5 Å². The van der Waals surface area contributed by atoms with Gasteiger partial charge in [0.05, 0.1) is 6.04 Å². The fourth-order valence-corrected chi connectivity index (χ4v) is 3.85. The molecule has 0 bridgehead atoms. The lowest BCUT2D eigenvalue weighted by Crippen LogP contribution is -2.39. The Labute approximate surface area is 157 Å². The second kappa shape index (κ2) is 6.01. The van der Waals surface area contributed by atoms with Gasteiger partial charge in [-0.1, -0.05) is 11.5 Å². The van der Waals surface area contributed by atoms with Crippen molar-refractivity contribution in [3.63, 3.8) is 0 Å². The van der Waals surface area contributed by atoms with Crippen molar-refractivity contribution in [3.05, 3.63) is 47.4 Å². The van der Waals surface area contributed by atoms with Crippen LogP contribution < -0.4 is 14.9 Å². The van der Waals surface area contributed by atoms with E-state index in [9.17, 15) is 4.79 Å². The van der Waals surface area contributed by atoms with Crippen molar-refractivity contribution in [2.75, 3.05) is 19.8 Å². The van der Waals surface area contributed by atoms with Crippen LogP contribution in [0.15, 0.2) is 30.6 Å². The number of rotatable bonds is 1. The molecule has 0 saturated heterocycles. The molecule has 2 aliphatic heterocycles. The van der Waals surface area contributed by atoms with E-state index in [4.69, 9.17) is 17.3 Å². The molecule has 2 aliphatic rings. The third-order valence-electron chi connectivity index (χ3n) is 5.18. The van der Waals surface area contributed by atoms with Gasteiger partial charge in [0.1, 0.15) is 21.1 Å².